The molecule has 0 saturated heterocycles. The summed E-state index contributed by atoms with van der Waals surface area (Å²) in [5.74, 6) is 2.34. The third kappa shape index (κ3) is 4.01. The molecule has 2 aliphatic rings. The Hall–Kier alpha value is -1.66. The summed E-state index contributed by atoms with van der Waals surface area (Å²) in [7, 11) is 4.66. The summed E-state index contributed by atoms with van der Waals surface area (Å²) < 4.78 is 16.0. The number of methoxy groups -OCH3 is 3. The van der Waals surface area contributed by atoms with E-state index in [1.807, 2.05) is 0 Å². The molecule has 1 aromatic rings. The van der Waals surface area contributed by atoms with E-state index in [1.165, 1.54) is 6.42 Å². The van der Waals surface area contributed by atoms with Gasteiger partial charge < -0.3 is 25.3 Å². The molecular weight excluding hydrogens is 356 g/mol. The number of ether oxygens (including phenoxy) is 3. The predicted octanol–water partition coefficient (Wildman–Crippen LogP) is 2.77. The molecule has 2 atom stereocenters. The fraction of sp³-hybridized carbons (Fsp3) is 0.632. The highest BCUT2D eigenvalue weighted by Crippen LogP contribution is 2.40. The lowest BCUT2D eigenvalue weighted by Gasteiger charge is -2.45. The van der Waals surface area contributed by atoms with Gasteiger partial charge in [-0.1, -0.05) is 6.42 Å². The highest BCUT2D eigenvalue weighted by molar-refractivity contribution is 5.98. The molecule has 6 nitrogen and oxygen atoms in total. The van der Waals surface area contributed by atoms with Crippen LogP contribution in [0.5, 0.6) is 17.2 Å². The largest absolute Gasteiger partial charge is 0.496 e. The van der Waals surface area contributed by atoms with Gasteiger partial charge in [0.1, 0.15) is 5.75 Å². The van der Waals surface area contributed by atoms with E-state index in [-0.39, 0.29) is 30.4 Å². The Morgan fingerprint density at radius 1 is 1.00 bits per heavy atom. The van der Waals surface area contributed by atoms with Crippen LogP contribution in [0.4, 0.5) is 0 Å². The molecule has 1 amide bonds. The molecule has 3 N–H and O–H groups in total. The SMILES string of the molecule is COc1cc(OC)c(C(=O)NC2C3CCCC2CC(N)C3)cc1OC.Cl. The molecule has 2 saturated carbocycles. The van der Waals surface area contributed by atoms with Crippen molar-refractivity contribution in [1.29, 1.82) is 0 Å². The summed E-state index contributed by atoms with van der Waals surface area (Å²) in [6.45, 7) is 0. The van der Waals surface area contributed by atoms with Crippen molar-refractivity contribution in [2.45, 2.75) is 44.2 Å². The summed E-state index contributed by atoms with van der Waals surface area (Å²) in [4.78, 5) is 13.0. The zero-order chi connectivity index (χ0) is 18.0. The van der Waals surface area contributed by atoms with Gasteiger partial charge in [0.25, 0.3) is 5.91 Å². The van der Waals surface area contributed by atoms with Gasteiger partial charge in [-0.15, -0.1) is 12.4 Å². The van der Waals surface area contributed by atoms with Crippen molar-refractivity contribution >= 4 is 18.3 Å². The van der Waals surface area contributed by atoms with E-state index in [2.05, 4.69) is 5.32 Å². The summed E-state index contributed by atoms with van der Waals surface area (Å²) in [5.41, 5.74) is 6.65. The highest BCUT2D eigenvalue weighted by atomic mass is 35.5. The van der Waals surface area contributed by atoms with E-state index >= 15 is 0 Å². The number of fused-ring (bicyclic) bond motifs is 2. The third-order valence-corrected chi connectivity index (χ3v) is 5.62. The Kier molecular flexibility index (Phi) is 7.01. The Bertz CT molecular complexity index is 626. The Balaban J connectivity index is 0.00000243. The van der Waals surface area contributed by atoms with Gasteiger partial charge in [0.15, 0.2) is 11.5 Å². The minimum Gasteiger partial charge on any atom is -0.496 e. The van der Waals surface area contributed by atoms with Crippen molar-refractivity contribution < 1.29 is 19.0 Å². The normalized spacial score (nSPS) is 27.1. The monoisotopic (exact) mass is 384 g/mol. The molecule has 2 bridgehead atoms. The highest BCUT2D eigenvalue weighted by Gasteiger charge is 2.40. The number of hydrogen-bond acceptors (Lipinski definition) is 5. The first-order valence-electron chi connectivity index (χ1n) is 8.93. The second kappa shape index (κ2) is 8.82. The molecule has 0 aromatic heterocycles. The summed E-state index contributed by atoms with van der Waals surface area (Å²) >= 11 is 0. The second-order valence-corrected chi connectivity index (χ2v) is 7.09. The van der Waals surface area contributed by atoms with Crippen molar-refractivity contribution in [3.05, 3.63) is 17.7 Å². The van der Waals surface area contributed by atoms with Gasteiger partial charge in [0.2, 0.25) is 0 Å². The van der Waals surface area contributed by atoms with Gasteiger partial charge in [0, 0.05) is 24.2 Å². The van der Waals surface area contributed by atoms with Crippen LogP contribution < -0.4 is 25.3 Å². The minimum absolute atomic E-state index is 0. The maximum Gasteiger partial charge on any atom is 0.255 e. The summed E-state index contributed by atoms with van der Waals surface area (Å²) in [5, 5.41) is 3.25. The quantitative estimate of drug-likeness (QED) is 0.815. The molecule has 0 heterocycles. The van der Waals surface area contributed by atoms with Crippen LogP contribution in [0.3, 0.4) is 0 Å². The van der Waals surface area contributed by atoms with Gasteiger partial charge in [-0.25, -0.2) is 0 Å². The van der Waals surface area contributed by atoms with Crippen molar-refractivity contribution in [3.63, 3.8) is 0 Å². The molecule has 2 fully saturated rings. The van der Waals surface area contributed by atoms with Crippen LogP contribution in [0.15, 0.2) is 12.1 Å². The molecule has 3 rings (SSSR count). The molecule has 0 aliphatic heterocycles. The second-order valence-electron chi connectivity index (χ2n) is 7.09. The van der Waals surface area contributed by atoms with Crippen molar-refractivity contribution in [1.82, 2.24) is 5.32 Å². The number of nitrogens with two attached hydrogens (primary N) is 1. The molecule has 26 heavy (non-hydrogen) atoms. The van der Waals surface area contributed by atoms with E-state index in [1.54, 1.807) is 33.5 Å². The van der Waals surface area contributed by atoms with Gasteiger partial charge in [-0.05, 0) is 37.5 Å². The predicted molar refractivity (Wildman–Crippen MR) is 103 cm³/mol. The first-order chi connectivity index (χ1) is 12.1. The van der Waals surface area contributed by atoms with Crippen molar-refractivity contribution in [2.75, 3.05) is 21.3 Å². The maximum absolute atomic E-state index is 13.0. The van der Waals surface area contributed by atoms with Crippen molar-refractivity contribution in [2.24, 2.45) is 17.6 Å². The number of benzene rings is 1. The lowest BCUT2D eigenvalue weighted by Crippen LogP contribution is -2.53. The number of rotatable bonds is 5. The van der Waals surface area contributed by atoms with E-state index in [0.29, 0.717) is 34.6 Å². The molecule has 1 aromatic carbocycles. The van der Waals surface area contributed by atoms with Crippen LogP contribution in [0.25, 0.3) is 0 Å². The first-order valence-corrected chi connectivity index (χ1v) is 8.93. The van der Waals surface area contributed by atoms with E-state index in [0.717, 1.165) is 25.7 Å². The van der Waals surface area contributed by atoms with Crippen LogP contribution in [0.2, 0.25) is 0 Å². The lowest BCUT2D eigenvalue weighted by atomic mass is 9.67. The Labute approximate surface area is 161 Å². The smallest absolute Gasteiger partial charge is 0.255 e. The van der Waals surface area contributed by atoms with Crippen LogP contribution >= 0.6 is 12.4 Å². The van der Waals surface area contributed by atoms with Crippen molar-refractivity contribution in [3.8, 4) is 17.2 Å². The number of nitrogens with one attached hydrogen (secondary N) is 1. The maximum atomic E-state index is 13.0. The molecule has 0 spiro atoms. The minimum atomic E-state index is -0.129. The lowest BCUT2D eigenvalue weighted by molar-refractivity contribution is 0.0753. The standard InChI is InChI=1S/C19H28N2O4.ClH/c1-23-15-10-17(25-3)16(24-2)9-14(15)19(22)21-18-11-5-4-6-12(18)8-13(20)7-11;/h9-13,18H,4-8,20H2,1-3H3,(H,21,22);1H. The number of carbonyl (C=O) groups excluding carboxylic acids is 1. The zero-order valence-electron chi connectivity index (χ0n) is 15.6. The van der Waals surface area contributed by atoms with Gasteiger partial charge in [0.05, 0.1) is 26.9 Å². The average molecular weight is 385 g/mol. The molecule has 7 heteroatoms. The first kappa shape index (κ1) is 20.6. The van der Waals surface area contributed by atoms with Crippen LogP contribution in [-0.2, 0) is 0 Å². The Morgan fingerprint density at radius 2 is 1.54 bits per heavy atom. The molecule has 0 radical (unpaired) electrons. The fourth-order valence-corrected chi connectivity index (χ4v) is 4.46. The van der Waals surface area contributed by atoms with Crippen LogP contribution in [0, 0.1) is 11.8 Å². The summed E-state index contributed by atoms with van der Waals surface area (Å²) in [6, 6.07) is 3.82. The third-order valence-electron chi connectivity index (χ3n) is 5.62. The van der Waals surface area contributed by atoms with Crippen LogP contribution in [-0.4, -0.2) is 39.3 Å². The molecule has 146 valence electrons. The van der Waals surface area contributed by atoms with Gasteiger partial charge in [-0.2, -0.15) is 0 Å². The molecule has 2 aliphatic carbocycles. The number of halogens is 1. The number of hydrogen-bond donors (Lipinski definition) is 2. The van der Waals surface area contributed by atoms with E-state index < -0.39 is 0 Å². The molecule has 2 unspecified atom stereocenters. The van der Waals surface area contributed by atoms with Gasteiger partial charge in [-0.3, -0.25) is 4.79 Å². The molecular formula is C19H29ClN2O4. The van der Waals surface area contributed by atoms with E-state index in [9.17, 15) is 4.79 Å². The van der Waals surface area contributed by atoms with Crippen LogP contribution in [0.1, 0.15) is 42.5 Å². The van der Waals surface area contributed by atoms with Gasteiger partial charge >= 0.3 is 0 Å². The topological polar surface area (TPSA) is 82.8 Å². The average Bonchev–Trinajstić information content (AvgIpc) is 2.61. The summed E-state index contributed by atoms with van der Waals surface area (Å²) in [6.07, 6.45) is 5.49. The van der Waals surface area contributed by atoms with E-state index in [4.69, 9.17) is 19.9 Å². The Morgan fingerprint density at radius 3 is 2.08 bits per heavy atom. The fourth-order valence-electron chi connectivity index (χ4n) is 4.46. The number of carbonyl (C=O) groups is 1. The zero-order valence-corrected chi connectivity index (χ0v) is 16.4. The number of amides is 1.